The zero-order valence-electron chi connectivity index (χ0n) is 19.2. The summed E-state index contributed by atoms with van der Waals surface area (Å²) in [7, 11) is 2.89. The summed E-state index contributed by atoms with van der Waals surface area (Å²) in [5, 5.41) is 12.4. The van der Waals surface area contributed by atoms with Gasteiger partial charge in [-0.3, -0.25) is 4.79 Å². The lowest BCUT2D eigenvalue weighted by Crippen LogP contribution is -2.13. The zero-order valence-corrected chi connectivity index (χ0v) is 19.2. The van der Waals surface area contributed by atoms with E-state index in [2.05, 4.69) is 5.32 Å². The van der Waals surface area contributed by atoms with Gasteiger partial charge >= 0.3 is 5.97 Å². The summed E-state index contributed by atoms with van der Waals surface area (Å²) in [4.78, 5) is 24.8. The number of nitrogens with one attached hydrogen (secondary N) is 1. The monoisotopic (exact) mass is 443 g/mol. The number of methoxy groups -OCH3 is 2. The van der Waals surface area contributed by atoms with Gasteiger partial charge < -0.3 is 19.4 Å². The molecular formula is C26H25N3O4. The summed E-state index contributed by atoms with van der Waals surface area (Å²) in [6, 6.07) is 16.2. The van der Waals surface area contributed by atoms with E-state index in [9.17, 15) is 14.9 Å². The van der Waals surface area contributed by atoms with Gasteiger partial charge in [-0.1, -0.05) is 12.1 Å². The van der Waals surface area contributed by atoms with Crippen LogP contribution in [0.1, 0.15) is 32.9 Å². The fourth-order valence-electron chi connectivity index (χ4n) is 3.70. The van der Waals surface area contributed by atoms with Gasteiger partial charge in [0.05, 0.1) is 19.8 Å². The number of benzene rings is 2. The van der Waals surface area contributed by atoms with Crippen LogP contribution in [0, 0.1) is 32.1 Å². The Kier molecular flexibility index (Phi) is 6.99. The molecule has 0 fully saturated rings. The maximum atomic E-state index is 12.7. The van der Waals surface area contributed by atoms with Gasteiger partial charge in [-0.25, -0.2) is 4.79 Å². The molecule has 7 heteroatoms. The van der Waals surface area contributed by atoms with Gasteiger partial charge in [0.15, 0.2) is 0 Å². The van der Waals surface area contributed by atoms with Gasteiger partial charge in [-0.15, -0.1) is 0 Å². The molecule has 33 heavy (non-hydrogen) atoms. The molecule has 1 amide bonds. The molecule has 0 bridgehead atoms. The molecule has 0 atom stereocenters. The third-order valence-corrected chi connectivity index (χ3v) is 5.41. The normalized spacial score (nSPS) is 11.0. The molecule has 2 aromatic carbocycles. The third kappa shape index (κ3) is 4.80. The van der Waals surface area contributed by atoms with Crippen molar-refractivity contribution in [3.05, 3.63) is 82.2 Å². The van der Waals surface area contributed by atoms with Crippen LogP contribution in [-0.4, -0.2) is 30.7 Å². The molecule has 0 unspecified atom stereocenters. The second kappa shape index (κ2) is 9.88. The van der Waals surface area contributed by atoms with E-state index >= 15 is 0 Å². The van der Waals surface area contributed by atoms with Crippen molar-refractivity contribution in [1.29, 1.82) is 5.26 Å². The summed E-state index contributed by atoms with van der Waals surface area (Å²) >= 11 is 0. The first-order chi connectivity index (χ1) is 15.8. The van der Waals surface area contributed by atoms with E-state index in [1.165, 1.54) is 7.11 Å². The number of rotatable bonds is 6. The topological polar surface area (TPSA) is 93.4 Å². The summed E-state index contributed by atoms with van der Waals surface area (Å²) < 4.78 is 12.0. The molecule has 0 saturated heterocycles. The fourth-order valence-corrected chi connectivity index (χ4v) is 3.70. The molecule has 3 rings (SSSR count). The second-order valence-electron chi connectivity index (χ2n) is 7.46. The number of aromatic nitrogens is 1. The van der Waals surface area contributed by atoms with Crippen LogP contribution < -0.4 is 10.1 Å². The summed E-state index contributed by atoms with van der Waals surface area (Å²) in [5.41, 5.74) is 5.04. The van der Waals surface area contributed by atoms with Crippen LogP contribution in [0.4, 0.5) is 5.69 Å². The molecule has 7 nitrogen and oxygen atoms in total. The molecule has 0 radical (unpaired) electrons. The van der Waals surface area contributed by atoms with Crippen LogP contribution in [0.5, 0.6) is 5.75 Å². The highest BCUT2D eigenvalue weighted by Crippen LogP contribution is 2.27. The number of amides is 1. The standard InChI is InChI=1S/C26H25N3O4/c1-16-12-19(13-20(15-27)25(30)28-21-8-6-9-22(14-21)32-4)18(3)29(16)24-11-7-10-23(17(24)2)26(31)33-5/h6-14H,1-5H3,(H,28,30). The predicted octanol–water partition coefficient (Wildman–Crippen LogP) is 4.74. The van der Waals surface area contributed by atoms with Gasteiger partial charge in [0, 0.05) is 28.8 Å². The Morgan fingerprint density at radius 3 is 2.45 bits per heavy atom. The Hall–Kier alpha value is -4.31. The minimum atomic E-state index is -0.514. The van der Waals surface area contributed by atoms with E-state index in [1.807, 2.05) is 43.5 Å². The Bertz CT molecular complexity index is 1300. The highest BCUT2D eigenvalue weighted by Gasteiger charge is 2.18. The van der Waals surface area contributed by atoms with Crippen LogP contribution in [0.15, 0.2) is 54.1 Å². The molecule has 0 spiro atoms. The molecule has 3 aromatic rings. The molecular weight excluding hydrogens is 418 g/mol. The number of carbonyl (C=O) groups is 2. The highest BCUT2D eigenvalue weighted by molar-refractivity contribution is 6.09. The van der Waals surface area contributed by atoms with Crippen molar-refractivity contribution in [2.45, 2.75) is 20.8 Å². The van der Waals surface area contributed by atoms with Crippen LogP contribution in [0.2, 0.25) is 0 Å². The molecule has 1 heterocycles. The maximum absolute atomic E-state index is 12.7. The average Bonchev–Trinajstić information content (AvgIpc) is 3.09. The van der Waals surface area contributed by atoms with Crippen molar-refractivity contribution in [3.8, 4) is 17.5 Å². The van der Waals surface area contributed by atoms with Crippen molar-refractivity contribution in [2.24, 2.45) is 0 Å². The van der Waals surface area contributed by atoms with Crippen molar-refractivity contribution >= 4 is 23.6 Å². The summed E-state index contributed by atoms with van der Waals surface area (Å²) in [6.07, 6.45) is 1.56. The number of nitriles is 1. The first-order valence-corrected chi connectivity index (χ1v) is 10.2. The SMILES string of the molecule is COC(=O)c1cccc(-n2c(C)cc(C=C(C#N)C(=O)Nc3cccc(OC)c3)c2C)c1C. The lowest BCUT2D eigenvalue weighted by Gasteiger charge is -2.15. The minimum Gasteiger partial charge on any atom is -0.497 e. The Morgan fingerprint density at radius 1 is 1.06 bits per heavy atom. The fraction of sp³-hybridized carbons (Fsp3) is 0.192. The minimum absolute atomic E-state index is 0.0295. The number of hydrogen-bond donors (Lipinski definition) is 1. The van der Waals surface area contributed by atoms with Gasteiger partial charge in [0.25, 0.3) is 5.91 Å². The Morgan fingerprint density at radius 2 is 1.79 bits per heavy atom. The van der Waals surface area contributed by atoms with Crippen molar-refractivity contribution in [2.75, 3.05) is 19.5 Å². The van der Waals surface area contributed by atoms with Crippen LogP contribution in [0.3, 0.4) is 0 Å². The Labute approximate surface area is 192 Å². The molecule has 1 aromatic heterocycles. The van der Waals surface area contributed by atoms with Crippen LogP contribution in [-0.2, 0) is 9.53 Å². The number of hydrogen-bond acceptors (Lipinski definition) is 5. The average molecular weight is 444 g/mol. The molecule has 0 aliphatic carbocycles. The number of aryl methyl sites for hydroxylation is 1. The molecule has 0 saturated carbocycles. The lowest BCUT2D eigenvalue weighted by atomic mass is 10.1. The number of esters is 1. The summed E-state index contributed by atoms with van der Waals surface area (Å²) in [5.74, 6) is -0.319. The van der Waals surface area contributed by atoms with Crippen LogP contribution >= 0.6 is 0 Å². The predicted molar refractivity (Wildman–Crippen MR) is 127 cm³/mol. The zero-order chi connectivity index (χ0) is 24.1. The van der Waals surface area contributed by atoms with E-state index < -0.39 is 11.9 Å². The maximum Gasteiger partial charge on any atom is 0.338 e. The summed E-state index contributed by atoms with van der Waals surface area (Å²) in [6.45, 7) is 5.69. The molecule has 168 valence electrons. The van der Waals surface area contributed by atoms with Crippen molar-refractivity contribution < 1.29 is 19.1 Å². The van der Waals surface area contributed by atoms with E-state index in [0.717, 1.165) is 28.2 Å². The van der Waals surface area contributed by atoms with Gasteiger partial charge in [0.2, 0.25) is 0 Å². The van der Waals surface area contributed by atoms with E-state index in [4.69, 9.17) is 9.47 Å². The molecule has 1 N–H and O–H groups in total. The van der Waals surface area contributed by atoms with Gasteiger partial charge in [0.1, 0.15) is 17.4 Å². The number of ether oxygens (including phenoxy) is 2. The Balaban J connectivity index is 1.98. The quantitative estimate of drug-likeness (QED) is 0.337. The molecule has 0 aliphatic rings. The van der Waals surface area contributed by atoms with Crippen LogP contribution in [0.25, 0.3) is 11.8 Å². The highest BCUT2D eigenvalue weighted by atomic mass is 16.5. The number of carbonyl (C=O) groups excluding carboxylic acids is 2. The second-order valence-corrected chi connectivity index (χ2v) is 7.46. The van der Waals surface area contributed by atoms with E-state index in [-0.39, 0.29) is 5.57 Å². The number of anilines is 1. The lowest BCUT2D eigenvalue weighted by molar-refractivity contribution is -0.112. The van der Waals surface area contributed by atoms with Gasteiger partial charge in [-0.2, -0.15) is 5.26 Å². The third-order valence-electron chi connectivity index (χ3n) is 5.41. The van der Waals surface area contributed by atoms with Gasteiger partial charge in [-0.05, 0) is 68.3 Å². The largest absolute Gasteiger partial charge is 0.497 e. The van der Waals surface area contributed by atoms with E-state index in [1.54, 1.807) is 49.6 Å². The van der Waals surface area contributed by atoms with E-state index in [0.29, 0.717) is 17.0 Å². The first-order valence-electron chi connectivity index (χ1n) is 10.2. The van der Waals surface area contributed by atoms with Crippen molar-refractivity contribution in [3.63, 3.8) is 0 Å². The smallest absolute Gasteiger partial charge is 0.338 e. The van der Waals surface area contributed by atoms with Crippen molar-refractivity contribution in [1.82, 2.24) is 4.57 Å². The first kappa shape index (κ1) is 23.4. The molecule has 0 aliphatic heterocycles. The number of nitrogens with zero attached hydrogens (tertiary/aromatic N) is 2.